The highest BCUT2D eigenvalue weighted by Crippen LogP contribution is 2.46. The van der Waals surface area contributed by atoms with Crippen LogP contribution in [0.1, 0.15) is 16.7 Å². The van der Waals surface area contributed by atoms with E-state index in [9.17, 15) is 42.2 Å². The van der Waals surface area contributed by atoms with Gasteiger partial charge in [-0.05, 0) is 18.6 Å². The highest BCUT2D eigenvalue weighted by atomic mass is 19.2. The molecule has 3 aromatic rings. The fraction of sp³-hybridized carbons (Fsp3) is 0.0500. The summed E-state index contributed by atoms with van der Waals surface area (Å²) in [5.41, 5.74) is -2.89. The van der Waals surface area contributed by atoms with Crippen molar-refractivity contribution in [3.05, 3.63) is 96.3 Å². The van der Waals surface area contributed by atoms with Crippen molar-refractivity contribution >= 4 is 22.8 Å². The molecule has 162 valence electrons. The summed E-state index contributed by atoms with van der Waals surface area (Å²) in [5, 5.41) is 22.9. The lowest BCUT2D eigenvalue weighted by atomic mass is 10.0. The number of rotatable bonds is 3. The Morgan fingerprint density at radius 2 is 1.34 bits per heavy atom. The fourth-order valence-corrected chi connectivity index (χ4v) is 3.47. The molecular weight excluding hydrogens is 441 g/mol. The van der Waals surface area contributed by atoms with Gasteiger partial charge in [0.05, 0.1) is 27.2 Å². The molecule has 0 fully saturated rings. The zero-order valence-corrected chi connectivity index (χ0v) is 15.8. The first-order chi connectivity index (χ1) is 15.0. The van der Waals surface area contributed by atoms with E-state index < -0.39 is 61.7 Å². The summed E-state index contributed by atoms with van der Waals surface area (Å²) in [5.74, 6) is -11.3. The summed E-state index contributed by atoms with van der Waals surface area (Å²) in [6.07, 6.45) is 0. The summed E-state index contributed by atoms with van der Waals surface area (Å²) in [7, 11) is 0. The Kier molecular flexibility index (Phi) is 4.72. The Hall–Kier alpha value is -4.22. The standard InChI is InChI=1S/C20H8F5N3O4/c1-7-2-3-9-10(4-7)19(26-20-17(24)15(22)14(21)16(23)18(20)25)11-5-8(27(29)30)6-12(13(9)11)28(31)32/h2-6H,1H3. The molecule has 0 saturated heterocycles. The van der Waals surface area contributed by atoms with Gasteiger partial charge in [-0.15, -0.1) is 0 Å². The van der Waals surface area contributed by atoms with Gasteiger partial charge in [0.2, 0.25) is 5.82 Å². The van der Waals surface area contributed by atoms with Crippen LogP contribution in [0.5, 0.6) is 0 Å². The molecule has 1 aliphatic carbocycles. The van der Waals surface area contributed by atoms with E-state index in [1.54, 1.807) is 13.0 Å². The molecule has 0 unspecified atom stereocenters. The first-order valence-corrected chi connectivity index (χ1v) is 8.71. The van der Waals surface area contributed by atoms with E-state index in [0.29, 0.717) is 11.6 Å². The van der Waals surface area contributed by atoms with E-state index in [0.717, 1.165) is 6.07 Å². The van der Waals surface area contributed by atoms with E-state index in [1.165, 1.54) is 12.1 Å². The topological polar surface area (TPSA) is 98.6 Å². The number of fused-ring (bicyclic) bond motifs is 3. The number of non-ortho nitro benzene ring substituents is 1. The van der Waals surface area contributed by atoms with E-state index >= 15 is 0 Å². The van der Waals surface area contributed by atoms with Crippen LogP contribution in [0.15, 0.2) is 35.3 Å². The van der Waals surface area contributed by atoms with Gasteiger partial charge in [0.1, 0.15) is 5.69 Å². The minimum Gasteiger partial charge on any atom is -0.258 e. The summed E-state index contributed by atoms with van der Waals surface area (Å²) in [4.78, 5) is 24.7. The van der Waals surface area contributed by atoms with Crippen LogP contribution in [0.3, 0.4) is 0 Å². The molecule has 0 atom stereocenters. The lowest BCUT2D eigenvalue weighted by Crippen LogP contribution is -2.05. The normalized spacial score (nSPS) is 13.2. The summed E-state index contributed by atoms with van der Waals surface area (Å²) < 4.78 is 69.2. The van der Waals surface area contributed by atoms with Gasteiger partial charge >= 0.3 is 0 Å². The molecule has 0 radical (unpaired) electrons. The quantitative estimate of drug-likeness (QED) is 0.133. The van der Waals surface area contributed by atoms with Gasteiger partial charge in [-0.3, -0.25) is 20.2 Å². The number of nitrogens with zero attached hydrogens (tertiary/aromatic N) is 3. The number of hydrogen-bond donors (Lipinski definition) is 0. The zero-order chi connectivity index (χ0) is 23.5. The van der Waals surface area contributed by atoms with Crippen molar-refractivity contribution in [2.75, 3.05) is 0 Å². The van der Waals surface area contributed by atoms with Crippen molar-refractivity contribution in [1.82, 2.24) is 0 Å². The second kappa shape index (κ2) is 7.18. The SMILES string of the molecule is Cc1ccc2c(c1)C(=Nc1c(F)c(F)c(F)c(F)c1F)c1cc([N+](=O)[O-])cc([N+](=O)[O-])c1-2. The minimum absolute atomic E-state index is 0.0764. The summed E-state index contributed by atoms with van der Waals surface area (Å²) >= 11 is 0. The van der Waals surface area contributed by atoms with Gasteiger partial charge in [-0.25, -0.2) is 26.9 Å². The average molecular weight is 449 g/mol. The maximum Gasteiger partial charge on any atom is 0.284 e. The van der Waals surface area contributed by atoms with Gasteiger partial charge in [0.25, 0.3) is 11.4 Å². The number of nitro groups is 2. The van der Waals surface area contributed by atoms with Crippen molar-refractivity contribution < 1.29 is 31.8 Å². The Labute approximate surface area is 174 Å². The van der Waals surface area contributed by atoms with Gasteiger partial charge < -0.3 is 0 Å². The predicted octanol–water partition coefficient (Wildman–Crippen LogP) is 5.66. The van der Waals surface area contributed by atoms with Crippen LogP contribution in [-0.4, -0.2) is 15.6 Å². The first-order valence-electron chi connectivity index (χ1n) is 8.71. The third kappa shape index (κ3) is 2.99. The van der Waals surface area contributed by atoms with Crippen molar-refractivity contribution in [3.63, 3.8) is 0 Å². The zero-order valence-electron chi connectivity index (χ0n) is 15.8. The average Bonchev–Trinajstić information content (AvgIpc) is 3.05. The highest BCUT2D eigenvalue weighted by molar-refractivity contribution is 6.26. The van der Waals surface area contributed by atoms with Crippen LogP contribution in [0.4, 0.5) is 39.0 Å². The van der Waals surface area contributed by atoms with E-state index in [1.807, 2.05) is 0 Å². The van der Waals surface area contributed by atoms with Crippen LogP contribution in [-0.2, 0) is 0 Å². The number of aliphatic imine (C=N–C) groups is 1. The molecule has 0 spiro atoms. The van der Waals surface area contributed by atoms with Gasteiger partial charge in [-0.1, -0.05) is 17.7 Å². The van der Waals surface area contributed by atoms with Crippen molar-refractivity contribution in [2.45, 2.75) is 6.92 Å². The van der Waals surface area contributed by atoms with E-state index in [2.05, 4.69) is 4.99 Å². The fourth-order valence-electron chi connectivity index (χ4n) is 3.47. The lowest BCUT2D eigenvalue weighted by molar-refractivity contribution is -0.393. The molecule has 0 N–H and O–H groups in total. The maximum atomic E-state index is 14.3. The second-order valence-corrected chi connectivity index (χ2v) is 6.83. The van der Waals surface area contributed by atoms with E-state index in [4.69, 9.17) is 0 Å². The molecule has 0 bridgehead atoms. The number of benzene rings is 3. The van der Waals surface area contributed by atoms with Crippen molar-refractivity contribution in [2.24, 2.45) is 4.99 Å². The maximum absolute atomic E-state index is 14.3. The second-order valence-electron chi connectivity index (χ2n) is 6.83. The van der Waals surface area contributed by atoms with Crippen LogP contribution < -0.4 is 0 Å². The molecule has 4 rings (SSSR count). The highest BCUT2D eigenvalue weighted by Gasteiger charge is 2.36. The lowest BCUT2D eigenvalue weighted by Gasteiger charge is -2.07. The number of halogens is 5. The first kappa shape index (κ1) is 21.0. The van der Waals surface area contributed by atoms with Crippen molar-refractivity contribution in [1.29, 1.82) is 0 Å². The largest absolute Gasteiger partial charge is 0.284 e. The smallest absolute Gasteiger partial charge is 0.258 e. The Morgan fingerprint density at radius 3 is 1.91 bits per heavy atom. The third-order valence-electron chi connectivity index (χ3n) is 4.87. The van der Waals surface area contributed by atoms with Crippen molar-refractivity contribution in [3.8, 4) is 11.1 Å². The van der Waals surface area contributed by atoms with Gasteiger partial charge in [0.15, 0.2) is 23.3 Å². The number of hydrogen-bond acceptors (Lipinski definition) is 5. The molecular formula is C20H8F5N3O4. The third-order valence-corrected chi connectivity index (χ3v) is 4.87. The Morgan fingerprint density at radius 1 is 0.750 bits per heavy atom. The molecule has 0 aromatic heterocycles. The molecule has 32 heavy (non-hydrogen) atoms. The Bertz CT molecular complexity index is 1380. The van der Waals surface area contributed by atoms with Gasteiger partial charge in [-0.2, -0.15) is 0 Å². The monoisotopic (exact) mass is 449 g/mol. The van der Waals surface area contributed by atoms with E-state index in [-0.39, 0.29) is 22.3 Å². The van der Waals surface area contributed by atoms with Crippen LogP contribution in [0.2, 0.25) is 0 Å². The Balaban J connectivity index is 2.14. The van der Waals surface area contributed by atoms with Crippen LogP contribution in [0.25, 0.3) is 11.1 Å². The molecule has 0 amide bonds. The molecule has 0 saturated carbocycles. The molecule has 0 heterocycles. The summed E-state index contributed by atoms with van der Waals surface area (Å²) in [6.45, 7) is 1.62. The molecule has 12 heteroatoms. The number of aryl methyl sites for hydroxylation is 1. The van der Waals surface area contributed by atoms with Crippen LogP contribution >= 0.6 is 0 Å². The number of nitro benzene ring substituents is 2. The molecule has 7 nitrogen and oxygen atoms in total. The van der Waals surface area contributed by atoms with Gasteiger partial charge in [0, 0.05) is 17.2 Å². The summed E-state index contributed by atoms with van der Waals surface area (Å²) in [6, 6.07) is 6.03. The molecule has 3 aromatic carbocycles. The molecule has 0 aliphatic heterocycles. The van der Waals surface area contributed by atoms with Crippen LogP contribution in [0, 0.1) is 56.2 Å². The minimum atomic E-state index is -2.38. The predicted molar refractivity (Wildman–Crippen MR) is 101 cm³/mol. The molecule has 1 aliphatic rings.